The lowest BCUT2D eigenvalue weighted by Gasteiger charge is -2.07. The minimum atomic E-state index is -3.62. The van der Waals surface area contributed by atoms with Gasteiger partial charge in [0.25, 0.3) is 0 Å². The first kappa shape index (κ1) is 12.6. The Hall–Kier alpha value is -1.88. The molecule has 3 nitrogen and oxygen atoms in total. The van der Waals surface area contributed by atoms with Gasteiger partial charge < -0.3 is 5.73 Å². The molecule has 94 valence electrons. The number of sulfone groups is 1. The van der Waals surface area contributed by atoms with E-state index in [0.29, 0.717) is 11.3 Å². The van der Waals surface area contributed by atoms with Gasteiger partial charge in [0.05, 0.1) is 9.79 Å². The largest absolute Gasteiger partial charge is 0.399 e. The van der Waals surface area contributed by atoms with Crippen LogP contribution in [-0.2, 0) is 9.84 Å². The summed E-state index contributed by atoms with van der Waals surface area (Å²) in [6, 6.07) is 9.24. The number of hydrogen-bond acceptors (Lipinski definition) is 3. The second-order valence-electron chi connectivity index (χ2n) is 3.98. The summed E-state index contributed by atoms with van der Waals surface area (Å²) in [5.74, 6) is -0.470. The molecule has 2 aromatic rings. The van der Waals surface area contributed by atoms with Gasteiger partial charge in [-0.1, -0.05) is 0 Å². The average molecular weight is 265 g/mol. The summed E-state index contributed by atoms with van der Waals surface area (Å²) in [6.07, 6.45) is 0. The summed E-state index contributed by atoms with van der Waals surface area (Å²) >= 11 is 0. The average Bonchev–Trinajstić information content (AvgIpc) is 2.33. The zero-order chi connectivity index (χ0) is 13.3. The van der Waals surface area contributed by atoms with Crippen molar-refractivity contribution in [3.8, 4) is 0 Å². The highest BCUT2D eigenvalue weighted by Gasteiger charge is 2.17. The third-order valence-corrected chi connectivity index (χ3v) is 4.44. The fraction of sp³-hybridized carbons (Fsp3) is 0.0769. The third kappa shape index (κ3) is 2.22. The minimum absolute atomic E-state index is 0.0630. The van der Waals surface area contributed by atoms with E-state index in [1.165, 1.54) is 24.3 Å². The van der Waals surface area contributed by atoms with Crippen LogP contribution in [0.25, 0.3) is 0 Å². The topological polar surface area (TPSA) is 60.2 Å². The Bertz CT molecular complexity index is 679. The van der Waals surface area contributed by atoms with Crippen LogP contribution in [0.1, 0.15) is 5.56 Å². The number of anilines is 1. The molecule has 0 amide bonds. The van der Waals surface area contributed by atoms with E-state index in [0.717, 1.165) is 12.1 Å². The van der Waals surface area contributed by atoms with E-state index in [9.17, 15) is 12.8 Å². The number of aryl methyl sites for hydroxylation is 1. The van der Waals surface area contributed by atoms with Gasteiger partial charge in [-0.25, -0.2) is 12.8 Å². The van der Waals surface area contributed by atoms with Gasteiger partial charge in [0.2, 0.25) is 9.84 Å². The van der Waals surface area contributed by atoms with Crippen LogP contribution in [0, 0.1) is 12.7 Å². The maximum Gasteiger partial charge on any atom is 0.206 e. The number of rotatable bonds is 2. The van der Waals surface area contributed by atoms with Crippen LogP contribution in [0.2, 0.25) is 0 Å². The van der Waals surface area contributed by atoms with Crippen LogP contribution in [0.4, 0.5) is 10.1 Å². The van der Waals surface area contributed by atoms with Crippen molar-refractivity contribution in [2.24, 2.45) is 0 Å². The standard InChI is InChI=1S/C13H12FNO2S/c1-9-8-12(6-7-13(9)15)18(16,17)11-4-2-10(14)3-5-11/h2-8H,15H2,1H3. The number of nitrogen functional groups attached to an aromatic ring is 1. The van der Waals surface area contributed by atoms with Gasteiger partial charge in [-0.15, -0.1) is 0 Å². The van der Waals surface area contributed by atoms with Crippen molar-refractivity contribution in [2.45, 2.75) is 16.7 Å². The highest BCUT2D eigenvalue weighted by molar-refractivity contribution is 7.91. The van der Waals surface area contributed by atoms with E-state index >= 15 is 0 Å². The molecule has 0 aliphatic carbocycles. The molecule has 0 spiro atoms. The van der Waals surface area contributed by atoms with Gasteiger partial charge >= 0.3 is 0 Å². The Morgan fingerprint density at radius 1 is 1.00 bits per heavy atom. The lowest BCUT2D eigenvalue weighted by atomic mass is 10.2. The van der Waals surface area contributed by atoms with E-state index in [2.05, 4.69) is 0 Å². The van der Waals surface area contributed by atoms with E-state index in [1.807, 2.05) is 0 Å². The molecule has 0 fully saturated rings. The van der Waals surface area contributed by atoms with Crippen molar-refractivity contribution in [1.29, 1.82) is 0 Å². The highest BCUT2D eigenvalue weighted by Crippen LogP contribution is 2.23. The fourth-order valence-electron chi connectivity index (χ4n) is 1.57. The quantitative estimate of drug-likeness (QED) is 0.670. The molecule has 0 saturated heterocycles. The first-order chi connectivity index (χ1) is 8.41. The zero-order valence-electron chi connectivity index (χ0n) is 9.72. The van der Waals surface area contributed by atoms with Crippen LogP contribution in [0.3, 0.4) is 0 Å². The molecule has 0 atom stereocenters. The molecule has 0 radical (unpaired) electrons. The van der Waals surface area contributed by atoms with E-state index in [1.54, 1.807) is 13.0 Å². The lowest BCUT2D eigenvalue weighted by molar-refractivity contribution is 0.594. The van der Waals surface area contributed by atoms with Gasteiger partial charge in [0.15, 0.2) is 0 Å². The maximum atomic E-state index is 12.8. The number of nitrogens with two attached hydrogens (primary N) is 1. The normalized spacial score (nSPS) is 11.4. The smallest absolute Gasteiger partial charge is 0.206 e. The Labute approximate surface area is 105 Å². The monoisotopic (exact) mass is 265 g/mol. The molecule has 0 aliphatic heterocycles. The SMILES string of the molecule is Cc1cc(S(=O)(=O)c2ccc(F)cc2)ccc1N. The molecular formula is C13H12FNO2S. The summed E-state index contributed by atoms with van der Waals surface area (Å²) < 4.78 is 37.3. The maximum absolute atomic E-state index is 12.8. The van der Waals surface area contributed by atoms with Crippen LogP contribution >= 0.6 is 0 Å². The van der Waals surface area contributed by atoms with Gasteiger partial charge in [0, 0.05) is 5.69 Å². The predicted molar refractivity (Wildman–Crippen MR) is 67.4 cm³/mol. The highest BCUT2D eigenvalue weighted by atomic mass is 32.2. The summed E-state index contributed by atoms with van der Waals surface area (Å²) in [5, 5.41) is 0. The Balaban J connectivity index is 2.54. The molecule has 0 aromatic heterocycles. The first-order valence-electron chi connectivity index (χ1n) is 5.28. The van der Waals surface area contributed by atoms with Gasteiger partial charge in [-0.3, -0.25) is 0 Å². The molecule has 18 heavy (non-hydrogen) atoms. The minimum Gasteiger partial charge on any atom is -0.399 e. The molecule has 2 N–H and O–H groups in total. The van der Waals surface area contributed by atoms with Gasteiger partial charge in [0.1, 0.15) is 5.82 Å². The van der Waals surface area contributed by atoms with Crippen LogP contribution in [-0.4, -0.2) is 8.42 Å². The van der Waals surface area contributed by atoms with Crippen molar-refractivity contribution in [1.82, 2.24) is 0 Å². The molecule has 0 aliphatic rings. The van der Waals surface area contributed by atoms with E-state index < -0.39 is 15.7 Å². The van der Waals surface area contributed by atoms with Crippen LogP contribution in [0.5, 0.6) is 0 Å². The molecular weight excluding hydrogens is 253 g/mol. The van der Waals surface area contributed by atoms with Gasteiger partial charge in [-0.2, -0.15) is 0 Å². The molecule has 0 unspecified atom stereocenters. The predicted octanol–water partition coefficient (Wildman–Crippen LogP) is 2.55. The molecule has 5 heteroatoms. The molecule has 0 heterocycles. The Kier molecular flexibility index (Phi) is 3.09. The zero-order valence-corrected chi connectivity index (χ0v) is 10.5. The molecule has 2 rings (SSSR count). The lowest BCUT2D eigenvalue weighted by Crippen LogP contribution is -2.03. The van der Waals surface area contributed by atoms with Crippen molar-refractivity contribution in [3.05, 3.63) is 53.8 Å². The number of hydrogen-bond donors (Lipinski definition) is 1. The first-order valence-corrected chi connectivity index (χ1v) is 6.76. The van der Waals surface area contributed by atoms with Crippen LogP contribution < -0.4 is 5.73 Å². The summed E-state index contributed by atoms with van der Waals surface area (Å²) in [4.78, 5) is 0.217. The fourth-order valence-corrected chi connectivity index (χ4v) is 2.91. The Morgan fingerprint density at radius 2 is 1.56 bits per heavy atom. The van der Waals surface area contributed by atoms with E-state index in [-0.39, 0.29) is 9.79 Å². The van der Waals surface area contributed by atoms with Crippen molar-refractivity contribution >= 4 is 15.5 Å². The second kappa shape index (κ2) is 4.42. The van der Waals surface area contributed by atoms with Gasteiger partial charge in [-0.05, 0) is 55.0 Å². The molecule has 2 aromatic carbocycles. The summed E-state index contributed by atoms with van der Waals surface area (Å²) in [7, 11) is -3.62. The molecule has 0 bridgehead atoms. The number of benzene rings is 2. The third-order valence-electron chi connectivity index (χ3n) is 2.68. The van der Waals surface area contributed by atoms with Crippen LogP contribution in [0.15, 0.2) is 52.3 Å². The van der Waals surface area contributed by atoms with Crippen molar-refractivity contribution in [2.75, 3.05) is 5.73 Å². The van der Waals surface area contributed by atoms with E-state index in [4.69, 9.17) is 5.73 Å². The summed E-state index contributed by atoms with van der Waals surface area (Å²) in [6.45, 7) is 1.74. The Morgan fingerprint density at radius 3 is 2.11 bits per heavy atom. The van der Waals surface area contributed by atoms with Crippen molar-refractivity contribution in [3.63, 3.8) is 0 Å². The second-order valence-corrected chi connectivity index (χ2v) is 5.93. The summed E-state index contributed by atoms with van der Waals surface area (Å²) in [5.41, 5.74) is 6.87. The molecule has 0 saturated carbocycles. The number of halogens is 1. The van der Waals surface area contributed by atoms with Crippen molar-refractivity contribution < 1.29 is 12.8 Å².